The third-order valence-corrected chi connectivity index (χ3v) is 3.78. The number of carbonyl (C=O) groups excluding carboxylic acids is 1. The summed E-state index contributed by atoms with van der Waals surface area (Å²) < 4.78 is 0. The van der Waals surface area contributed by atoms with Gasteiger partial charge in [-0.1, -0.05) is 48.5 Å². The lowest BCUT2D eigenvalue weighted by molar-refractivity contribution is 0.0505. The van der Waals surface area contributed by atoms with Crippen LogP contribution in [0.3, 0.4) is 0 Å². The first-order chi connectivity index (χ1) is 13.6. The third-order valence-electron chi connectivity index (χ3n) is 3.78. The Morgan fingerprint density at radius 2 is 1.36 bits per heavy atom. The van der Waals surface area contributed by atoms with Gasteiger partial charge in [-0.2, -0.15) is 0 Å². The van der Waals surface area contributed by atoms with E-state index < -0.39 is 11.9 Å². The summed E-state index contributed by atoms with van der Waals surface area (Å²) in [6.45, 7) is 0. The molecule has 7 nitrogen and oxygen atoms in total. The summed E-state index contributed by atoms with van der Waals surface area (Å²) in [5.41, 5.74) is 0.777. The summed E-state index contributed by atoms with van der Waals surface area (Å²) >= 11 is 0. The zero-order valence-electron chi connectivity index (χ0n) is 14.7. The molecular formula is C21H17N3O4. The highest BCUT2D eigenvalue weighted by molar-refractivity contribution is 6.06. The highest BCUT2D eigenvalue weighted by Gasteiger charge is 2.23. The average Bonchev–Trinajstić information content (AvgIpc) is 2.73. The monoisotopic (exact) mass is 375 g/mol. The van der Waals surface area contributed by atoms with Crippen LogP contribution in [0.5, 0.6) is 0 Å². The molecule has 0 radical (unpaired) electrons. The molecule has 7 heteroatoms. The fourth-order valence-corrected chi connectivity index (χ4v) is 2.48. The molecule has 0 saturated heterocycles. The van der Waals surface area contributed by atoms with E-state index in [9.17, 15) is 14.7 Å². The maximum atomic E-state index is 12.7. The summed E-state index contributed by atoms with van der Waals surface area (Å²) in [7, 11) is 0. The Morgan fingerprint density at radius 3 is 1.96 bits per heavy atom. The lowest BCUT2D eigenvalue weighted by Gasteiger charge is -2.24. The van der Waals surface area contributed by atoms with E-state index in [4.69, 9.17) is 10.2 Å². The van der Waals surface area contributed by atoms with Gasteiger partial charge in [0.2, 0.25) is 5.96 Å². The summed E-state index contributed by atoms with van der Waals surface area (Å²) in [6.07, 6.45) is 0. The molecule has 0 atom stereocenters. The molecule has 3 rings (SSSR count). The molecule has 0 bridgehead atoms. The minimum absolute atomic E-state index is 0.108. The van der Waals surface area contributed by atoms with Crippen molar-refractivity contribution in [2.45, 2.75) is 0 Å². The van der Waals surface area contributed by atoms with Gasteiger partial charge in [-0.05, 0) is 36.4 Å². The van der Waals surface area contributed by atoms with Crippen molar-refractivity contribution in [2.24, 2.45) is 0 Å². The van der Waals surface area contributed by atoms with Crippen LogP contribution in [0.4, 0.5) is 11.4 Å². The molecule has 28 heavy (non-hydrogen) atoms. The van der Waals surface area contributed by atoms with Gasteiger partial charge in [-0.3, -0.25) is 5.41 Å². The third kappa shape index (κ3) is 4.34. The highest BCUT2D eigenvalue weighted by atomic mass is 16.7. The molecule has 3 aromatic rings. The van der Waals surface area contributed by atoms with E-state index in [0.717, 1.165) is 5.06 Å². The molecule has 0 fully saturated rings. The zero-order chi connectivity index (χ0) is 19.9. The van der Waals surface area contributed by atoms with E-state index in [1.807, 2.05) is 6.07 Å². The number of benzene rings is 3. The van der Waals surface area contributed by atoms with Crippen molar-refractivity contribution >= 4 is 29.3 Å². The predicted octanol–water partition coefficient (Wildman–Crippen LogP) is 4.01. The number of aromatic carboxylic acids is 1. The van der Waals surface area contributed by atoms with Gasteiger partial charge in [-0.15, -0.1) is 5.06 Å². The first-order valence-electron chi connectivity index (χ1n) is 8.36. The highest BCUT2D eigenvalue weighted by Crippen LogP contribution is 2.19. The number of nitrogens with one attached hydrogen (secondary N) is 2. The fourth-order valence-electron chi connectivity index (χ4n) is 2.48. The molecule has 140 valence electrons. The molecule has 0 aliphatic heterocycles. The molecule has 0 saturated carbocycles. The molecule has 0 aromatic heterocycles. The molecular weight excluding hydrogens is 358 g/mol. The lowest BCUT2D eigenvalue weighted by atomic mass is 10.1. The second-order valence-electron chi connectivity index (χ2n) is 5.70. The molecule has 0 aliphatic carbocycles. The molecule has 0 unspecified atom stereocenters. The van der Waals surface area contributed by atoms with Crippen LogP contribution in [-0.4, -0.2) is 23.0 Å². The molecule has 0 heterocycles. The van der Waals surface area contributed by atoms with E-state index in [1.165, 1.54) is 18.2 Å². The van der Waals surface area contributed by atoms with Crippen molar-refractivity contribution in [3.8, 4) is 0 Å². The van der Waals surface area contributed by atoms with Crippen LogP contribution < -0.4 is 10.4 Å². The summed E-state index contributed by atoms with van der Waals surface area (Å²) in [6, 6.07) is 23.3. The van der Waals surface area contributed by atoms with Crippen molar-refractivity contribution in [3.63, 3.8) is 0 Å². The second-order valence-corrected chi connectivity index (χ2v) is 5.70. The van der Waals surface area contributed by atoms with Gasteiger partial charge in [0.15, 0.2) is 0 Å². The van der Waals surface area contributed by atoms with E-state index in [1.54, 1.807) is 60.7 Å². The molecule has 0 spiro atoms. The van der Waals surface area contributed by atoms with Gasteiger partial charge < -0.3 is 15.3 Å². The number of hydroxylamine groups is 1. The van der Waals surface area contributed by atoms with Crippen molar-refractivity contribution in [1.29, 1.82) is 5.41 Å². The minimum Gasteiger partial charge on any atom is -0.478 e. The van der Waals surface area contributed by atoms with Crippen LogP contribution in [0.25, 0.3) is 0 Å². The van der Waals surface area contributed by atoms with Crippen LogP contribution in [0.2, 0.25) is 0 Å². The number of rotatable bonds is 4. The Labute approximate surface area is 161 Å². The average molecular weight is 375 g/mol. The number of hydrogen-bond donors (Lipinski definition) is 3. The summed E-state index contributed by atoms with van der Waals surface area (Å²) in [5, 5.41) is 21.5. The molecule has 0 amide bonds. The lowest BCUT2D eigenvalue weighted by Crippen LogP contribution is -2.38. The van der Waals surface area contributed by atoms with E-state index in [0.29, 0.717) is 11.4 Å². The topological polar surface area (TPSA) is 103 Å². The summed E-state index contributed by atoms with van der Waals surface area (Å²) in [5.74, 6) is -2.34. The van der Waals surface area contributed by atoms with Crippen LogP contribution in [0, 0.1) is 5.41 Å². The maximum absolute atomic E-state index is 12.7. The Kier molecular flexibility index (Phi) is 5.66. The summed E-state index contributed by atoms with van der Waals surface area (Å²) in [4.78, 5) is 29.4. The first-order valence-corrected chi connectivity index (χ1v) is 8.36. The number of carboxylic acids is 1. The fraction of sp³-hybridized carbons (Fsp3) is 0. The van der Waals surface area contributed by atoms with E-state index >= 15 is 0 Å². The Bertz CT molecular complexity index is 991. The number of anilines is 2. The standard InChI is InChI=1S/C21H17N3O4/c22-21(23-15-9-3-1-4-10-15)24(16-11-5-2-6-12-16)28-20(27)18-14-8-7-13-17(18)19(25)26/h1-14H,(H2,22,23)(H,25,26). The van der Waals surface area contributed by atoms with Crippen LogP contribution in [0.1, 0.15) is 20.7 Å². The van der Waals surface area contributed by atoms with Gasteiger partial charge in [0.05, 0.1) is 16.8 Å². The number of carboxylic acid groups (broad SMARTS) is 1. The predicted molar refractivity (Wildman–Crippen MR) is 106 cm³/mol. The van der Waals surface area contributed by atoms with Crippen LogP contribution in [0.15, 0.2) is 84.9 Å². The Balaban J connectivity index is 1.89. The normalized spacial score (nSPS) is 10.0. The van der Waals surface area contributed by atoms with Gasteiger partial charge in [0.25, 0.3) is 0 Å². The molecule has 3 N–H and O–H groups in total. The number of para-hydroxylation sites is 2. The van der Waals surface area contributed by atoms with Crippen LogP contribution >= 0.6 is 0 Å². The second kappa shape index (κ2) is 8.50. The number of hydrogen-bond acceptors (Lipinski definition) is 4. The van der Waals surface area contributed by atoms with Gasteiger partial charge in [-0.25, -0.2) is 9.59 Å². The molecule has 3 aromatic carbocycles. The van der Waals surface area contributed by atoms with Gasteiger partial charge in [0, 0.05) is 5.69 Å². The molecule has 0 aliphatic rings. The zero-order valence-corrected chi connectivity index (χ0v) is 14.7. The quantitative estimate of drug-likeness (QED) is 0.362. The Morgan fingerprint density at radius 1 is 0.821 bits per heavy atom. The van der Waals surface area contributed by atoms with Gasteiger partial charge in [0.1, 0.15) is 0 Å². The van der Waals surface area contributed by atoms with Crippen molar-refractivity contribution in [2.75, 3.05) is 10.4 Å². The van der Waals surface area contributed by atoms with Crippen molar-refractivity contribution in [1.82, 2.24) is 0 Å². The van der Waals surface area contributed by atoms with Crippen molar-refractivity contribution in [3.05, 3.63) is 96.1 Å². The maximum Gasteiger partial charge on any atom is 0.364 e. The number of guanidine groups is 1. The van der Waals surface area contributed by atoms with E-state index in [-0.39, 0.29) is 17.1 Å². The SMILES string of the molecule is N=C(Nc1ccccc1)N(OC(=O)c1ccccc1C(=O)O)c1ccccc1. The van der Waals surface area contributed by atoms with Gasteiger partial charge >= 0.3 is 11.9 Å². The number of carbonyl (C=O) groups is 2. The smallest absolute Gasteiger partial charge is 0.364 e. The minimum atomic E-state index is -1.24. The largest absolute Gasteiger partial charge is 0.478 e. The number of nitrogens with zero attached hydrogens (tertiary/aromatic N) is 1. The van der Waals surface area contributed by atoms with Crippen molar-refractivity contribution < 1.29 is 19.5 Å². The first kappa shape index (κ1) is 18.7. The van der Waals surface area contributed by atoms with Crippen LogP contribution in [-0.2, 0) is 4.84 Å². The van der Waals surface area contributed by atoms with E-state index in [2.05, 4.69) is 5.32 Å². The Hall–Kier alpha value is -4.13.